The number of hydrogen-bond donors (Lipinski definition) is 0. The lowest BCUT2D eigenvalue weighted by molar-refractivity contribution is -0.147. The fourth-order valence-corrected chi connectivity index (χ4v) is 3.20. The van der Waals surface area contributed by atoms with E-state index in [1.165, 1.54) is 23.8 Å². The third kappa shape index (κ3) is 3.23. The largest absolute Gasteiger partial charge is 0.468 e. The summed E-state index contributed by atoms with van der Waals surface area (Å²) in [4.78, 5) is 14.4. The van der Waals surface area contributed by atoms with Gasteiger partial charge in [0.25, 0.3) is 0 Å². The number of hydrogen-bond acceptors (Lipinski definition) is 3. The van der Waals surface area contributed by atoms with E-state index in [9.17, 15) is 4.79 Å². The van der Waals surface area contributed by atoms with E-state index in [-0.39, 0.29) is 12.0 Å². The summed E-state index contributed by atoms with van der Waals surface area (Å²) in [6, 6.07) is 16.3. The van der Waals surface area contributed by atoms with Crippen molar-refractivity contribution in [1.82, 2.24) is 4.90 Å². The number of halogens is 1. The van der Waals surface area contributed by atoms with E-state index in [2.05, 4.69) is 51.2 Å². The second-order valence-corrected chi connectivity index (χ2v) is 6.46. The molecule has 3 nitrogen and oxygen atoms in total. The van der Waals surface area contributed by atoms with Gasteiger partial charge < -0.3 is 4.74 Å². The van der Waals surface area contributed by atoms with Crippen molar-refractivity contribution in [1.29, 1.82) is 0 Å². The van der Waals surface area contributed by atoms with Crippen molar-refractivity contribution in [2.75, 3.05) is 7.11 Å². The highest BCUT2D eigenvalue weighted by molar-refractivity contribution is 9.10. The van der Waals surface area contributed by atoms with Crippen molar-refractivity contribution < 1.29 is 9.53 Å². The number of ether oxygens (including phenoxy) is 1. The first-order valence-corrected chi connectivity index (χ1v) is 8.10. The van der Waals surface area contributed by atoms with Crippen LogP contribution >= 0.6 is 15.9 Å². The molecule has 0 radical (unpaired) electrons. The maximum Gasteiger partial charge on any atom is 0.323 e. The van der Waals surface area contributed by atoms with Crippen molar-refractivity contribution in [2.45, 2.75) is 25.6 Å². The minimum absolute atomic E-state index is 0.161. The van der Waals surface area contributed by atoms with Crippen molar-refractivity contribution in [3.05, 3.63) is 69.7 Å². The molecule has 1 atom stereocenters. The molecule has 0 saturated heterocycles. The highest BCUT2D eigenvalue weighted by Crippen LogP contribution is 2.26. The molecule has 4 heteroatoms. The van der Waals surface area contributed by atoms with Gasteiger partial charge in [-0.25, -0.2) is 0 Å². The molecule has 0 amide bonds. The van der Waals surface area contributed by atoms with Crippen LogP contribution in [0, 0.1) is 0 Å². The molecule has 0 N–H and O–H groups in total. The van der Waals surface area contributed by atoms with E-state index in [1.54, 1.807) is 0 Å². The zero-order valence-corrected chi connectivity index (χ0v) is 14.0. The summed E-state index contributed by atoms with van der Waals surface area (Å²) in [7, 11) is 1.46. The highest BCUT2D eigenvalue weighted by Gasteiger charge is 2.32. The van der Waals surface area contributed by atoms with Gasteiger partial charge in [-0.2, -0.15) is 0 Å². The molecule has 114 valence electrons. The van der Waals surface area contributed by atoms with E-state index in [0.717, 1.165) is 17.6 Å². The van der Waals surface area contributed by atoms with Gasteiger partial charge in [0.1, 0.15) is 6.04 Å². The number of rotatable bonds is 3. The first kappa shape index (κ1) is 15.3. The van der Waals surface area contributed by atoms with Crippen molar-refractivity contribution in [3.63, 3.8) is 0 Å². The minimum atomic E-state index is -0.219. The number of carbonyl (C=O) groups excluding carboxylic acids is 1. The van der Waals surface area contributed by atoms with Gasteiger partial charge in [0, 0.05) is 17.6 Å². The van der Waals surface area contributed by atoms with Gasteiger partial charge in [0.15, 0.2) is 0 Å². The maximum atomic E-state index is 12.2. The Morgan fingerprint density at radius 1 is 1.18 bits per heavy atom. The van der Waals surface area contributed by atoms with Crippen LogP contribution in [0.15, 0.2) is 53.0 Å². The predicted octanol–water partition coefficient (Wildman–Crippen LogP) is 3.55. The molecular formula is C18H18BrNO2. The molecule has 0 aliphatic carbocycles. The fourth-order valence-electron chi connectivity index (χ4n) is 2.94. The highest BCUT2D eigenvalue weighted by atomic mass is 79.9. The summed E-state index contributed by atoms with van der Waals surface area (Å²) in [5.74, 6) is -0.161. The number of esters is 1. The Kier molecular flexibility index (Phi) is 4.60. The topological polar surface area (TPSA) is 29.5 Å². The summed E-state index contributed by atoms with van der Waals surface area (Å²) in [5.41, 5.74) is 3.72. The second-order valence-electron chi connectivity index (χ2n) is 5.54. The van der Waals surface area contributed by atoms with Gasteiger partial charge in [0.2, 0.25) is 0 Å². The van der Waals surface area contributed by atoms with Gasteiger partial charge in [-0.3, -0.25) is 9.69 Å². The summed E-state index contributed by atoms with van der Waals surface area (Å²) < 4.78 is 6.06. The molecular weight excluding hydrogens is 342 g/mol. The van der Waals surface area contributed by atoms with E-state index in [1.807, 2.05) is 18.2 Å². The standard InChI is InChI=1S/C18H18BrNO2/c1-22-18(21)17-10-14-4-2-3-5-15(14)12-20(17)11-13-6-8-16(19)9-7-13/h2-9,17H,10-12H2,1H3. The Morgan fingerprint density at radius 3 is 2.55 bits per heavy atom. The average Bonchev–Trinajstić information content (AvgIpc) is 2.55. The zero-order valence-electron chi connectivity index (χ0n) is 12.5. The van der Waals surface area contributed by atoms with Crippen LogP contribution in [-0.4, -0.2) is 24.0 Å². The smallest absolute Gasteiger partial charge is 0.323 e. The fraction of sp³-hybridized carbons (Fsp3) is 0.278. The van der Waals surface area contributed by atoms with Gasteiger partial charge >= 0.3 is 5.97 Å². The molecule has 0 aromatic heterocycles. The molecule has 1 aliphatic heterocycles. The minimum Gasteiger partial charge on any atom is -0.468 e. The molecule has 0 saturated carbocycles. The normalized spacial score (nSPS) is 17.8. The molecule has 3 rings (SSSR count). The van der Waals surface area contributed by atoms with Crippen LogP contribution in [0.3, 0.4) is 0 Å². The number of methoxy groups -OCH3 is 1. The number of fused-ring (bicyclic) bond motifs is 1. The van der Waals surface area contributed by atoms with E-state index in [4.69, 9.17) is 4.74 Å². The van der Waals surface area contributed by atoms with Crippen molar-refractivity contribution >= 4 is 21.9 Å². The lowest BCUT2D eigenvalue weighted by Gasteiger charge is -2.35. The SMILES string of the molecule is COC(=O)C1Cc2ccccc2CN1Cc1ccc(Br)cc1. The summed E-state index contributed by atoms with van der Waals surface area (Å²) in [6.07, 6.45) is 0.708. The Balaban J connectivity index is 1.86. The summed E-state index contributed by atoms with van der Waals surface area (Å²) >= 11 is 3.45. The van der Waals surface area contributed by atoms with E-state index in [0.29, 0.717) is 6.42 Å². The molecule has 2 aromatic rings. The summed E-state index contributed by atoms with van der Waals surface area (Å²) in [5, 5.41) is 0. The molecule has 2 aromatic carbocycles. The van der Waals surface area contributed by atoms with Crippen LogP contribution in [-0.2, 0) is 29.0 Å². The third-order valence-electron chi connectivity index (χ3n) is 4.12. The lowest BCUT2D eigenvalue weighted by atomic mass is 9.93. The van der Waals surface area contributed by atoms with E-state index >= 15 is 0 Å². The van der Waals surface area contributed by atoms with Crippen LogP contribution in [0.1, 0.15) is 16.7 Å². The number of carbonyl (C=O) groups is 1. The first-order chi connectivity index (χ1) is 10.7. The summed E-state index contributed by atoms with van der Waals surface area (Å²) in [6.45, 7) is 1.51. The Bertz CT molecular complexity index is 669. The maximum absolute atomic E-state index is 12.2. The molecule has 22 heavy (non-hydrogen) atoms. The van der Waals surface area contributed by atoms with Crippen LogP contribution in [0.5, 0.6) is 0 Å². The van der Waals surface area contributed by atoms with Crippen molar-refractivity contribution in [3.8, 4) is 0 Å². The molecule has 0 fully saturated rings. The first-order valence-electron chi connectivity index (χ1n) is 7.30. The zero-order chi connectivity index (χ0) is 15.5. The number of nitrogens with zero attached hydrogens (tertiary/aromatic N) is 1. The molecule has 1 heterocycles. The van der Waals surface area contributed by atoms with Crippen LogP contribution in [0.4, 0.5) is 0 Å². The quantitative estimate of drug-likeness (QED) is 0.784. The van der Waals surface area contributed by atoms with Gasteiger partial charge in [-0.15, -0.1) is 0 Å². The average molecular weight is 360 g/mol. The van der Waals surface area contributed by atoms with Crippen molar-refractivity contribution in [2.24, 2.45) is 0 Å². The van der Waals surface area contributed by atoms with Crippen LogP contribution < -0.4 is 0 Å². The Hall–Kier alpha value is -1.65. The van der Waals surface area contributed by atoms with Gasteiger partial charge in [-0.1, -0.05) is 52.3 Å². The molecule has 0 bridgehead atoms. The number of benzene rings is 2. The molecule has 1 unspecified atom stereocenters. The van der Waals surface area contributed by atoms with Gasteiger partial charge in [-0.05, 0) is 35.2 Å². The second kappa shape index (κ2) is 6.63. The monoisotopic (exact) mass is 359 g/mol. The van der Waals surface area contributed by atoms with E-state index < -0.39 is 0 Å². The third-order valence-corrected chi connectivity index (χ3v) is 4.65. The van der Waals surface area contributed by atoms with Gasteiger partial charge in [0.05, 0.1) is 7.11 Å². The van der Waals surface area contributed by atoms with Crippen LogP contribution in [0.2, 0.25) is 0 Å². The Morgan fingerprint density at radius 2 is 1.86 bits per heavy atom. The molecule has 0 spiro atoms. The molecule has 1 aliphatic rings. The van der Waals surface area contributed by atoms with Crippen LogP contribution in [0.25, 0.3) is 0 Å². The lowest BCUT2D eigenvalue weighted by Crippen LogP contribution is -2.45. The Labute approximate surface area is 139 Å². The predicted molar refractivity (Wildman–Crippen MR) is 89.3 cm³/mol.